The average Bonchev–Trinajstić information content (AvgIpc) is 3.17. The van der Waals surface area contributed by atoms with Gasteiger partial charge in [-0.25, -0.2) is 4.98 Å². The standard InChI is InChI=1S/C24H24N4O3/c1-4-17-5-7-18(8-6-17)21-22-23(31-27-21)24(30)28(14-25-22)10-9-20(29)26-19-12-15(2)11-16(3)13-19/h5-8,11-14H,4,9-10H2,1-3H3,(H,26,29). The highest BCUT2D eigenvalue weighted by molar-refractivity contribution is 5.91. The van der Waals surface area contributed by atoms with Gasteiger partial charge in [0.25, 0.3) is 11.1 Å². The smallest absolute Gasteiger partial charge is 0.299 e. The largest absolute Gasteiger partial charge is 0.348 e. The number of aromatic nitrogens is 3. The normalized spacial score (nSPS) is 11.1. The topological polar surface area (TPSA) is 90.0 Å². The molecule has 0 saturated carbocycles. The van der Waals surface area contributed by atoms with Crippen molar-refractivity contribution >= 4 is 22.7 Å². The second kappa shape index (κ2) is 8.55. The lowest BCUT2D eigenvalue weighted by atomic mass is 10.1. The zero-order valence-electron chi connectivity index (χ0n) is 17.8. The Balaban J connectivity index is 1.50. The van der Waals surface area contributed by atoms with E-state index in [-0.39, 0.29) is 30.0 Å². The number of nitrogens with zero attached hydrogens (tertiary/aromatic N) is 3. The highest BCUT2D eigenvalue weighted by atomic mass is 16.5. The van der Waals surface area contributed by atoms with E-state index in [9.17, 15) is 9.59 Å². The van der Waals surface area contributed by atoms with E-state index >= 15 is 0 Å². The van der Waals surface area contributed by atoms with Crippen molar-refractivity contribution < 1.29 is 9.32 Å². The van der Waals surface area contributed by atoms with Gasteiger partial charge in [-0.1, -0.05) is 42.4 Å². The molecule has 2 aromatic carbocycles. The summed E-state index contributed by atoms with van der Waals surface area (Å²) in [5.41, 5.74) is 5.65. The molecule has 4 aromatic rings. The summed E-state index contributed by atoms with van der Waals surface area (Å²) in [7, 11) is 0. The predicted molar refractivity (Wildman–Crippen MR) is 120 cm³/mol. The minimum atomic E-state index is -0.354. The van der Waals surface area contributed by atoms with Crippen LogP contribution in [0.1, 0.15) is 30.0 Å². The second-order valence-corrected chi connectivity index (χ2v) is 7.68. The van der Waals surface area contributed by atoms with Crippen LogP contribution in [-0.2, 0) is 17.8 Å². The number of carbonyl (C=O) groups excluding carboxylic acids is 1. The fourth-order valence-electron chi connectivity index (χ4n) is 3.60. The first-order valence-corrected chi connectivity index (χ1v) is 10.3. The van der Waals surface area contributed by atoms with Gasteiger partial charge in [0.1, 0.15) is 11.2 Å². The molecule has 7 nitrogen and oxygen atoms in total. The number of hydrogen-bond acceptors (Lipinski definition) is 5. The van der Waals surface area contributed by atoms with Crippen molar-refractivity contribution in [2.45, 2.75) is 40.2 Å². The summed E-state index contributed by atoms with van der Waals surface area (Å²) in [6, 6.07) is 13.8. The lowest BCUT2D eigenvalue weighted by molar-refractivity contribution is -0.116. The van der Waals surface area contributed by atoms with Gasteiger partial charge in [-0.15, -0.1) is 0 Å². The van der Waals surface area contributed by atoms with Crippen LogP contribution in [0.3, 0.4) is 0 Å². The first-order chi connectivity index (χ1) is 14.9. The van der Waals surface area contributed by atoms with Crippen LogP contribution >= 0.6 is 0 Å². The Bertz CT molecular complexity index is 1280. The van der Waals surface area contributed by atoms with E-state index in [1.807, 2.05) is 56.3 Å². The molecule has 0 aliphatic carbocycles. The highest BCUT2D eigenvalue weighted by Gasteiger charge is 2.17. The quantitative estimate of drug-likeness (QED) is 0.507. The van der Waals surface area contributed by atoms with Crippen molar-refractivity contribution in [3.63, 3.8) is 0 Å². The molecule has 158 valence electrons. The van der Waals surface area contributed by atoms with Crippen LogP contribution in [0, 0.1) is 13.8 Å². The molecule has 0 fully saturated rings. The molecule has 2 heterocycles. The third-order valence-corrected chi connectivity index (χ3v) is 5.17. The van der Waals surface area contributed by atoms with Gasteiger partial charge in [0.2, 0.25) is 5.91 Å². The number of anilines is 1. The minimum Gasteiger partial charge on any atom is -0.348 e. The lowest BCUT2D eigenvalue weighted by Crippen LogP contribution is -2.23. The van der Waals surface area contributed by atoms with Crippen molar-refractivity contribution in [3.05, 3.63) is 75.8 Å². The van der Waals surface area contributed by atoms with Crippen LogP contribution in [-0.4, -0.2) is 20.6 Å². The maximum atomic E-state index is 12.8. The summed E-state index contributed by atoms with van der Waals surface area (Å²) in [6.07, 6.45) is 2.52. The van der Waals surface area contributed by atoms with Crippen molar-refractivity contribution in [1.29, 1.82) is 0 Å². The third kappa shape index (κ3) is 4.40. The van der Waals surface area contributed by atoms with Gasteiger partial charge < -0.3 is 9.84 Å². The van der Waals surface area contributed by atoms with Crippen LogP contribution in [0.15, 0.2) is 58.1 Å². The molecular weight excluding hydrogens is 392 g/mol. The summed E-state index contributed by atoms with van der Waals surface area (Å²) in [4.78, 5) is 29.5. The lowest BCUT2D eigenvalue weighted by Gasteiger charge is -2.08. The van der Waals surface area contributed by atoms with E-state index < -0.39 is 0 Å². The zero-order chi connectivity index (χ0) is 22.0. The fourth-order valence-corrected chi connectivity index (χ4v) is 3.60. The molecule has 2 aromatic heterocycles. The van der Waals surface area contributed by atoms with E-state index in [0.29, 0.717) is 11.2 Å². The molecule has 0 saturated heterocycles. The number of benzene rings is 2. The van der Waals surface area contributed by atoms with Crippen molar-refractivity contribution in [2.24, 2.45) is 0 Å². The number of aryl methyl sites for hydroxylation is 4. The molecule has 1 amide bonds. The van der Waals surface area contributed by atoms with E-state index in [1.165, 1.54) is 16.5 Å². The Morgan fingerprint density at radius 1 is 1.10 bits per heavy atom. The Morgan fingerprint density at radius 2 is 1.81 bits per heavy atom. The number of carbonyl (C=O) groups is 1. The van der Waals surface area contributed by atoms with Crippen LogP contribution in [0.4, 0.5) is 5.69 Å². The Kier molecular flexibility index (Phi) is 5.66. The summed E-state index contributed by atoms with van der Waals surface area (Å²) in [5.74, 6) is -0.175. The Morgan fingerprint density at radius 3 is 2.48 bits per heavy atom. The predicted octanol–water partition coefficient (Wildman–Crippen LogP) is 4.26. The number of fused-ring (bicyclic) bond motifs is 1. The number of amides is 1. The molecule has 0 radical (unpaired) electrons. The van der Waals surface area contributed by atoms with Crippen LogP contribution in [0.25, 0.3) is 22.4 Å². The molecule has 0 atom stereocenters. The van der Waals surface area contributed by atoms with Crippen LogP contribution in [0.2, 0.25) is 0 Å². The third-order valence-electron chi connectivity index (χ3n) is 5.17. The fraction of sp³-hybridized carbons (Fsp3) is 0.250. The van der Waals surface area contributed by atoms with Gasteiger partial charge in [0.15, 0.2) is 0 Å². The second-order valence-electron chi connectivity index (χ2n) is 7.68. The highest BCUT2D eigenvalue weighted by Crippen LogP contribution is 2.25. The monoisotopic (exact) mass is 416 g/mol. The molecular formula is C24H24N4O3. The van der Waals surface area contributed by atoms with Crippen LogP contribution < -0.4 is 10.9 Å². The van der Waals surface area contributed by atoms with E-state index in [1.54, 1.807) is 0 Å². The Hall–Kier alpha value is -3.74. The van der Waals surface area contributed by atoms with Crippen molar-refractivity contribution in [3.8, 4) is 11.3 Å². The molecule has 0 aliphatic rings. The van der Waals surface area contributed by atoms with Gasteiger partial charge in [0, 0.05) is 24.2 Å². The molecule has 0 aliphatic heterocycles. The number of nitrogens with one attached hydrogen (secondary N) is 1. The number of rotatable bonds is 6. The Labute approximate surface area is 179 Å². The van der Waals surface area contributed by atoms with Crippen LogP contribution in [0.5, 0.6) is 0 Å². The average molecular weight is 416 g/mol. The number of hydrogen-bond donors (Lipinski definition) is 1. The molecule has 0 bridgehead atoms. The van der Waals surface area contributed by atoms with Crippen molar-refractivity contribution in [2.75, 3.05) is 5.32 Å². The zero-order valence-corrected chi connectivity index (χ0v) is 17.8. The SMILES string of the molecule is CCc1ccc(-c2noc3c(=O)n(CCC(=O)Nc4cc(C)cc(C)c4)cnc23)cc1. The molecule has 0 spiro atoms. The molecule has 7 heteroatoms. The minimum absolute atomic E-state index is 0.0896. The van der Waals surface area contributed by atoms with Gasteiger partial charge in [-0.2, -0.15) is 0 Å². The summed E-state index contributed by atoms with van der Waals surface area (Å²) in [6.45, 7) is 6.24. The van der Waals surface area contributed by atoms with Gasteiger partial charge >= 0.3 is 0 Å². The maximum absolute atomic E-state index is 12.8. The first-order valence-electron chi connectivity index (χ1n) is 10.3. The maximum Gasteiger partial charge on any atom is 0.299 e. The molecule has 4 rings (SSSR count). The summed E-state index contributed by atoms with van der Waals surface area (Å²) >= 11 is 0. The van der Waals surface area contributed by atoms with Gasteiger partial charge in [-0.3, -0.25) is 14.2 Å². The first kappa shape index (κ1) is 20.5. The summed E-state index contributed by atoms with van der Waals surface area (Å²) < 4.78 is 6.69. The summed E-state index contributed by atoms with van der Waals surface area (Å²) in [5, 5.41) is 6.94. The van der Waals surface area contributed by atoms with E-state index in [2.05, 4.69) is 22.4 Å². The molecule has 1 N–H and O–H groups in total. The molecule has 31 heavy (non-hydrogen) atoms. The van der Waals surface area contributed by atoms with Gasteiger partial charge in [0.05, 0.1) is 6.33 Å². The molecule has 0 unspecified atom stereocenters. The van der Waals surface area contributed by atoms with Crippen molar-refractivity contribution in [1.82, 2.24) is 14.7 Å². The van der Waals surface area contributed by atoms with Gasteiger partial charge in [-0.05, 0) is 49.1 Å². The van der Waals surface area contributed by atoms with E-state index in [0.717, 1.165) is 28.8 Å². The van der Waals surface area contributed by atoms with E-state index in [4.69, 9.17) is 4.52 Å².